The maximum Gasteiger partial charge on any atom is 0.243 e. The zero-order chi connectivity index (χ0) is 18.4. The number of nitrogens with one attached hydrogen (secondary N) is 1. The normalized spacial score (nSPS) is 15.8. The lowest BCUT2D eigenvalue weighted by Crippen LogP contribution is -2.50. The first-order chi connectivity index (χ1) is 11.8. The summed E-state index contributed by atoms with van der Waals surface area (Å²) < 4.78 is 31.6. The van der Waals surface area contributed by atoms with E-state index in [-0.39, 0.29) is 29.8 Å². The molecule has 0 aromatic heterocycles. The van der Waals surface area contributed by atoms with Crippen molar-refractivity contribution in [3.63, 3.8) is 0 Å². The molecule has 1 N–H and O–H groups in total. The molecule has 0 spiro atoms. The van der Waals surface area contributed by atoms with Gasteiger partial charge in [-0.1, -0.05) is 0 Å². The van der Waals surface area contributed by atoms with Gasteiger partial charge in [0.1, 0.15) is 0 Å². The third kappa shape index (κ3) is 5.00. The maximum absolute atomic E-state index is 12.7. The van der Waals surface area contributed by atoms with Crippen molar-refractivity contribution in [1.82, 2.24) is 9.21 Å². The van der Waals surface area contributed by atoms with Gasteiger partial charge in [0, 0.05) is 45.9 Å². The highest BCUT2D eigenvalue weighted by atomic mass is 32.2. The summed E-state index contributed by atoms with van der Waals surface area (Å²) in [6.45, 7) is 3.00. The van der Waals surface area contributed by atoms with Crippen LogP contribution >= 0.6 is 0 Å². The quantitative estimate of drug-likeness (QED) is 0.788. The van der Waals surface area contributed by atoms with Crippen LogP contribution in [-0.2, 0) is 24.3 Å². The molecule has 138 valence electrons. The molecule has 1 heterocycles. The molecule has 0 radical (unpaired) electrons. The SMILES string of the molecule is COCCC(=O)N1CCN(S(=O)(=O)c2ccc(NC(C)=O)cc2)CC1. The number of piperazine rings is 1. The zero-order valence-electron chi connectivity index (χ0n) is 14.4. The van der Waals surface area contributed by atoms with E-state index >= 15 is 0 Å². The van der Waals surface area contributed by atoms with E-state index in [0.29, 0.717) is 31.8 Å². The Labute approximate surface area is 147 Å². The van der Waals surface area contributed by atoms with Crippen molar-refractivity contribution in [2.24, 2.45) is 0 Å². The lowest BCUT2D eigenvalue weighted by Gasteiger charge is -2.34. The number of ether oxygens (including phenoxy) is 1. The van der Waals surface area contributed by atoms with E-state index in [1.165, 1.54) is 30.5 Å². The molecule has 25 heavy (non-hydrogen) atoms. The summed E-state index contributed by atoms with van der Waals surface area (Å²) in [7, 11) is -2.08. The van der Waals surface area contributed by atoms with Gasteiger partial charge >= 0.3 is 0 Å². The summed E-state index contributed by atoms with van der Waals surface area (Å²) in [5, 5.41) is 2.60. The smallest absolute Gasteiger partial charge is 0.243 e. The molecule has 2 amide bonds. The second-order valence-corrected chi connectivity index (χ2v) is 7.67. The third-order valence-electron chi connectivity index (χ3n) is 3.92. The number of anilines is 1. The number of amides is 2. The Bertz CT molecular complexity index is 710. The van der Waals surface area contributed by atoms with E-state index in [2.05, 4.69) is 5.32 Å². The number of hydrogen-bond donors (Lipinski definition) is 1. The van der Waals surface area contributed by atoms with Gasteiger partial charge in [-0.3, -0.25) is 9.59 Å². The molecule has 1 aliphatic heterocycles. The molecule has 0 aliphatic carbocycles. The van der Waals surface area contributed by atoms with Gasteiger partial charge in [-0.2, -0.15) is 4.31 Å². The van der Waals surface area contributed by atoms with Crippen molar-refractivity contribution in [3.05, 3.63) is 24.3 Å². The van der Waals surface area contributed by atoms with Crippen LogP contribution in [0.15, 0.2) is 29.2 Å². The van der Waals surface area contributed by atoms with Gasteiger partial charge in [0.05, 0.1) is 17.9 Å². The molecule has 2 rings (SSSR count). The van der Waals surface area contributed by atoms with Crippen molar-refractivity contribution in [2.75, 3.05) is 45.2 Å². The number of carbonyl (C=O) groups excluding carboxylic acids is 2. The first-order valence-corrected chi connectivity index (χ1v) is 9.43. The molecule has 1 saturated heterocycles. The highest BCUT2D eigenvalue weighted by Crippen LogP contribution is 2.20. The first-order valence-electron chi connectivity index (χ1n) is 7.99. The molecule has 8 nitrogen and oxygen atoms in total. The van der Waals surface area contributed by atoms with Gasteiger partial charge in [-0.05, 0) is 24.3 Å². The molecule has 9 heteroatoms. The van der Waals surface area contributed by atoms with Crippen LogP contribution in [0.2, 0.25) is 0 Å². The molecule has 0 bridgehead atoms. The molecule has 1 aliphatic rings. The summed E-state index contributed by atoms with van der Waals surface area (Å²) in [6.07, 6.45) is 0.299. The lowest BCUT2D eigenvalue weighted by molar-refractivity contribution is -0.133. The number of benzene rings is 1. The molecule has 1 aromatic carbocycles. The predicted molar refractivity (Wildman–Crippen MR) is 92.6 cm³/mol. The number of carbonyl (C=O) groups is 2. The molecule has 1 fully saturated rings. The van der Waals surface area contributed by atoms with E-state index in [1.54, 1.807) is 17.0 Å². The second kappa shape index (κ2) is 8.41. The van der Waals surface area contributed by atoms with Crippen molar-refractivity contribution in [3.8, 4) is 0 Å². The average Bonchev–Trinajstić information content (AvgIpc) is 2.59. The summed E-state index contributed by atoms with van der Waals surface area (Å²) in [5.41, 5.74) is 0.542. The Morgan fingerprint density at radius 2 is 1.72 bits per heavy atom. The molecular formula is C16H23N3O5S. The van der Waals surface area contributed by atoms with Crippen LogP contribution in [0.5, 0.6) is 0 Å². The van der Waals surface area contributed by atoms with Crippen LogP contribution in [0.3, 0.4) is 0 Å². The molecular weight excluding hydrogens is 346 g/mol. The van der Waals surface area contributed by atoms with Crippen molar-refractivity contribution < 1.29 is 22.7 Å². The Kier molecular flexibility index (Phi) is 6.51. The Morgan fingerprint density at radius 1 is 1.12 bits per heavy atom. The van der Waals surface area contributed by atoms with Crippen LogP contribution in [0, 0.1) is 0 Å². The summed E-state index contributed by atoms with van der Waals surface area (Å²) in [5.74, 6) is -0.247. The van der Waals surface area contributed by atoms with Gasteiger partial charge in [-0.25, -0.2) is 8.42 Å². The summed E-state index contributed by atoms with van der Waals surface area (Å²) >= 11 is 0. The predicted octanol–water partition coefficient (Wildman–Crippen LogP) is 0.514. The number of nitrogens with zero attached hydrogens (tertiary/aromatic N) is 2. The minimum absolute atomic E-state index is 0.0291. The highest BCUT2D eigenvalue weighted by Gasteiger charge is 2.29. The number of rotatable bonds is 6. The largest absolute Gasteiger partial charge is 0.384 e. The Morgan fingerprint density at radius 3 is 2.24 bits per heavy atom. The van der Waals surface area contributed by atoms with Crippen LogP contribution in [-0.4, -0.2) is 69.3 Å². The number of hydrogen-bond acceptors (Lipinski definition) is 5. The van der Waals surface area contributed by atoms with Crippen LogP contribution < -0.4 is 5.32 Å². The standard InChI is InChI=1S/C16H23N3O5S/c1-13(20)17-14-3-5-15(6-4-14)25(22,23)19-10-8-18(9-11-19)16(21)7-12-24-2/h3-6H,7-12H2,1-2H3,(H,17,20). The van der Waals surface area contributed by atoms with Crippen molar-refractivity contribution in [1.29, 1.82) is 0 Å². The Hall–Kier alpha value is -1.97. The van der Waals surface area contributed by atoms with Crippen molar-refractivity contribution >= 4 is 27.5 Å². The fourth-order valence-corrected chi connectivity index (χ4v) is 4.01. The minimum Gasteiger partial charge on any atom is -0.384 e. The zero-order valence-corrected chi connectivity index (χ0v) is 15.2. The molecule has 0 unspecified atom stereocenters. The number of methoxy groups -OCH3 is 1. The van der Waals surface area contributed by atoms with Crippen LogP contribution in [0.25, 0.3) is 0 Å². The fraction of sp³-hybridized carbons (Fsp3) is 0.500. The van der Waals surface area contributed by atoms with Crippen molar-refractivity contribution in [2.45, 2.75) is 18.2 Å². The van der Waals surface area contributed by atoms with E-state index in [9.17, 15) is 18.0 Å². The van der Waals surface area contributed by atoms with E-state index in [0.717, 1.165) is 0 Å². The van der Waals surface area contributed by atoms with Gasteiger partial charge in [-0.15, -0.1) is 0 Å². The number of sulfonamides is 1. The van der Waals surface area contributed by atoms with Crippen LogP contribution in [0.4, 0.5) is 5.69 Å². The second-order valence-electron chi connectivity index (χ2n) is 5.73. The summed E-state index contributed by atoms with van der Waals surface area (Å²) in [6, 6.07) is 6.05. The molecule has 0 atom stereocenters. The van der Waals surface area contributed by atoms with Gasteiger partial charge in [0.25, 0.3) is 0 Å². The Balaban J connectivity index is 1.99. The monoisotopic (exact) mass is 369 g/mol. The average molecular weight is 369 g/mol. The molecule has 1 aromatic rings. The third-order valence-corrected chi connectivity index (χ3v) is 5.84. The van der Waals surface area contributed by atoms with E-state index in [4.69, 9.17) is 4.74 Å². The lowest BCUT2D eigenvalue weighted by atomic mass is 10.3. The van der Waals surface area contributed by atoms with Gasteiger partial charge in [0.15, 0.2) is 0 Å². The van der Waals surface area contributed by atoms with Crippen LogP contribution in [0.1, 0.15) is 13.3 Å². The van der Waals surface area contributed by atoms with Gasteiger partial charge < -0.3 is 15.0 Å². The van der Waals surface area contributed by atoms with E-state index < -0.39 is 10.0 Å². The highest BCUT2D eigenvalue weighted by molar-refractivity contribution is 7.89. The fourth-order valence-electron chi connectivity index (χ4n) is 2.59. The summed E-state index contributed by atoms with van der Waals surface area (Å²) in [4.78, 5) is 24.8. The topological polar surface area (TPSA) is 96.0 Å². The minimum atomic E-state index is -3.62. The van der Waals surface area contributed by atoms with Gasteiger partial charge in [0.2, 0.25) is 21.8 Å². The maximum atomic E-state index is 12.7. The first kappa shape index (κ1) is 19.4. The van der Waals surface area contributed by atoms with E-state index in [1.807, 2.05) is 0 Å². The molecule has 0 saturated carbocycles.